The summed E-state index contributed by atoms with van der Waals surface area (Å²) in [5, 5.41) is 1.55. The van der Waals surface area contributed by atoms with Crippen molar-refractivity contribution in [1.82, 2.24) is 0 Å². The predicted molar refractivity (Wildman–Crippen MR) is 147 cm³/mol. The molecule has 4 rings (SSSR count). The van der Waals surface area contributed by atoms with E-state index in [-0.39, 0.29) is 5.82 Å². The normalized spacial score (nSPS) is 18.4. The summed E-state index contributed by atoms with van der Waals surface area (Å²) < 4.78 is 20.3. The van der Waals surface area contributed by atoms with E-state index in [1.807, 2.05) is 31.2 Å². The van der Waals surface area contributed by atoms with E-state index in [0.29, 0.717) is 17.7 Å². The standard InChI is InChI=1S/C33H41FO/c1-3-5-7-8-25-11-16-28(17-12-25)29-18-13-26(14-19-29)9-10-27-15-21-31-30(24-27)20-22-32(33(31)34)35-23-6-4-2/h4,6,13-15,18-22,24-25,28H,3,5,7-12,16-17,23H2,1-2H3. The van der Waals surface area contributed by atoms with Crippen LogP contribution in [0.15, 0.2) is 66.7 Å². The Kier molecular flexibility index (Phi) is 9.40. The number of hydrogen-bond acceptors (Lipinski definition) is 1. The molecule has 0 aromatic heterocycles. The van der Waals surface area contributed by atoms with Gasteiger partial charge in [0.05, 0.1) is 0 Å². The summed E-state index contributed by atoms with van der Waals surface area (Å²) in [6, 6.07) is 19.1. The highest BCUT2D eigenvalue weighted by atomic mass is 19.1. The van der Waals surface area contributed by atoms with E-state index in [9.17, 15) is 4.39 Å². The van der Waals surface area contributed by atoms with Crippen molar-refractivity contribution in [3.63, 3.8) is 0 Å². The zero-order valence-electron chi connectivity index (χ0n) is 21.6. The maximum absolute atomic E-state index is 14.8. The van der Waals surface area contributed by atoms with Crippen molar-refractivity contribution in [1.29, 1.82) is 0 Å². The van der Waals surface area contributed by atoms with E-state index in [2.05, 4.69) is 43.3 Å². The van der Waals surface area contributed by atoms with E-state index in [1.54, 1.807) is 6.07 Å². The van der Waals surface area contributed by atoms with Gasteiger partial charge in [0.15, 0.2) is 11.6 Å². The third-order valence-corrected chi connectivity index (χ3v) is 7.77. The van der Waals surface area contributed by atoms with Gasteiger partial charge in [-0.05, 0) is 85.4 Å². The Hall–Kier alpha value is -2.61. The molecule has 0 radical (unpaired) electrons. The SMILES string of the molecule is CC=CCOc1ccc2cc(CCc3ccc(C4CCC(CCCCC)CC4)cc3)ccc2c1F. The topological polar surface area (TPSA) is 9.23 Å². The molecule has 2 heteroatoms. The van der Waals surface area contributed by atoms with Crippen LogP contribution in [0.3, 0.4) is 0 Å². The average Bonchev–Trinajstić information content (AvgIpc) is 2.90. The molecule has 0 unspecified atom stereocenters. The van der Waals surface area contributed by atoms with Gasteiger partial charge in [0.1, 0.15) is 6.61 Å². The molecular formula is C33H41FO. The smallest absolute Gasteiger partial charge is 0.172 e. The number of hydrogen-bond donors (Lipinski definition) is 0. The van der Waals surface area contributed by atoms with Crippen molar-refractivity contribution in [2.75, 3.05) is 6.61 Å². The van der Waals surface area contributed by atoms with Crippen LogP contribution < -0.4 is 4.74 Å². The van der Waals surface area contributed by atoms with Crippen molar-refractivity contribution in [3.05, 3.63) is 89.3 Å². The molecule has 1 aliphatic carbocycles. The van der Waals surface area contributed by atoms with Crippen LogP contribution in [0.4, 0.5) is 4.39 Å². The van der Waals surface area contributed by atoms with Crippen molar-refractivity contribution < 1.29 is 9.13 Å². The average molecular weight is 473 g/mol. The fraction of sp³-hybridized carbons (Fsp3) is 0.455. The molecule has 0 N–H and O–H groups in total. The van der Waals surface area contributed by atoms with Gasteiger partial charge in [-0.3, -0.25) is 0 Å². The molecule has 0 amide bonds. The van der Waals surface area contributed by atoms with Gasteiger partial charge < -0.3 is 4.74 Å². The second-order valence-corrected chi connectivity index (χ2v) is 10.3. The highest BCUT2D eigenvalue weighted by Gasteiger charge is 2.22. The predicted octanol–water partition coefficient (Wildman–Crippen LogP) is 9.57. The highest BCUT2D eigenvalue weighted by Crippen LogP contribution is 2.38. The summed E-state index contributed by atoms with van der Waals surface area (Å²) in [6.45, 7) is 4.61. The van der Waals surface area contributed by atoms with Crippen LogP contribution in [-0.2, 0) is 12.8 Å². The van der Waals surface area contributed by atoms with E-state index in [1.165, 1.54) is 68.1 Å². The number of aryl methyl sites for hydroxylation is 2. The minimum atomic E-state index is -0.274. The first-order valence-electron chi connectivity index (χ1n) is 13.7. The first-order valence-corrected chi connectivity index (χ1v) is 13.7. The number of fused-ring (bicyclic) bond motifs is 1. The summed E-state index contributed by atoms with van der Waals surface area (Å²) in [5.41, 5.74) is 4.14. The molecule has 0 spiro atoms. The molecule has 1 nitrogen and oxygen atoms in total. The van der Waals surface area contributed by atoms with Crippen LogP contribution in [0, 0.1) is 11.7 Å². The molecule has 0 saturated heterocycles. The minimum absolute atomic E-state index is 0.274. The van der Waals surface area contributed by atoms with Gasteiger partial charge in [0, 0.05) is 5.39 Å². The van der Waals surface area contributed by atoms with Gasteiger partial charge in [-0.15, -0.1) is 0 Å². The lowest BCUT2D eigenvalue weighted by Crippen LogP contribution is -2.13. The molecule has 3 aromatic rings. The minimum Gasteiger partial charge on any atom is -0.486 e. The number of rotatable bonds is 11. The summed E-state index contributed by atoms with van der Waals surface area (Å²) in [7, 11) is 0. The first kappa shape index (κ1) is 25.5. The molecule has 35 heavy (non-hydrogen) atoms. The number of halogens is 1. The van der Waals surface area contributed by atoms with Crippen LogP contribution in [0.1, 0.15) is 87.8 Å². The number of benzene rings is 3. The zero-order valence-corrected chi connectivity index (χ0v) is 21.6. The maximum Gasteiger partial charge on any atom is 0.172 e. The van der Waals surface area contributed by atoms with Crippen LogP contribution in [0.5, 0.6) is 5.75 Å². The quantitative estimate of drug-likeness (QED) is 0.199. The third-order valence-electron chi connectivity index (χ3n) is 7.77. The summed E-state index contributed by atoms with van der Waals surface area (Å²) in [6.07, 6.45) is 16.8. The maximum atomic E-state index is 14.8. The number of ether oxygens (including phenoxy) is 1. The Bertz CT molecular complexity index is 1090. The second kappa shape index (κ2) is 12.9. The lowest BCUT2D eigenvalue weighted by molar-refractivity contribution is 0.303. The third kappa shape index (κ3) is 6.97. The van der Waals surface area contributed by atoms with Crippen LogP contribution in [0.2, 0.25) is 0 Å². The lowest BCUT2D eigenvalue weighted by atomic mass is 9.77. The van der Waals surface area contributed by atoms with Gasteiger partial charge in [0.25, 0.3) is 0 Å². The second-order valence-electron chi connectivity index (χ2n) is 10.3. The molecule has 186 valence electrons. The number of unbranched alkanes of at least 4 members (excludes halogenated alkanes) is 2. The van der Waals surface area contributed by atoms with Crippen molar-refractivity contribution >= 4 is 10.8 Å². The molecular weight excluding hydrogens is 431 g/mol. The Morgan fingerprint density at radius 2 is 1.63 bits per heavy atom. The molecule has 3 aromatic carbocycles. The monoisotopic (exact) mass is 472 g/mol. The van der Waals surface area contributed by atoms with Gasteiger partial charge in [-0.25, -0.2) is 4.39 Å². The van der Waals surface area contributed by atoms with Crippen LogP contribution in [0.25, 0.3) is 10.8 Å². The van der Waals surface area contributed by atoms with E-state index < -0.39 is 0 Å². The molecule has 1 saturated carbocycles. The molecule has 1 fully saturated rings. The van der Waals surface area contributed by atoms with Gasteiger partial charge in [0.2, 0.25) is 0 Å². The molecule has 1 aliphatic rings. The fourth-order valence-corrected chi connectivity index (χ4v) is 5.54. The zero-order chi connectivity index (χ0) is 24.5. The van der Waals surface area contributed by atoms with E-state index >= 15 is 0 Å². The van der Waals surface area contributed by atoms with Crippen molar-refractivity contribution in [2.24, 2.45) is 5.92 Å². The van der Waals surface area contributed by atoms with Crippen LogP contribution >= 0.6 is 0 Å². The van der Waals surface area contributed by atoms with E-state index in [0.717, 1.165) is 30.1 Å². The Balaban J connectivity index is 1.30. The summed E-state index contributed by atoms with van der Waals surface area (Å²) in [5.74, 6) is 1.75. The Labute approximate surface area is 211 Å². The van der Waals surface area contributed by atoms with E-state index in [4.69, 9.17) is 4.74 Å². The van der Waals surface area contributed by atoms with Gasteiger partial charge >= 0.3 is 0 Å². The highest BCUT2D eigenvalue weighted by molar-refractivity contribution is 5.85. The molecule has 0 atom stereocenters. The summed E-state index contributed by atoms with van der Waals surface area (Å²) >= 11 is 0. The number of allylic oxidation sites excluding steroid dienone is 1. The summed E-state index contributed by atoms with van der Waals surface area (Å²) in [4.78, 5) is 0. The van der Waals surface area contributed by atoms with Gasteiger partial charge in [-0.2, -0.15) is 0 Å². The Morgan fingerprint density at radius 1 is 0.886 bits per heavy atom. The lowest BCUT2D eigenvalue weighted by Gasteiger charge is -2.29. The van der Waals surface area contributed by atoms with Gasteiger partial charge in [-0.1, -0.05) is 93.3 Å². The molecule has 0 heterocycles. The fourth-order valence-electron chi connectivity index (χ4n) is 5.54. The van der Waals surface area contributed by atoms with Crippen molar-refractivity contribution in [2.45, 2.75) is 84.0 Å². The van der Waals surface area contributed by atoms with Crippen molar-refractivity contribution in [3.8, 4) is 5.75 Å². The van der Waals surface area contributed by atoms with Crippen LogP contribution in [-0.4, -0.2) is 6.61 Å². The molecule has 0 aliphatic heterocycles. The first-order chi connectivity index (χ1) is 17.2. The molecule has 0 bridgehead atoms. The Morgan fingerprint density at radius 3 is 2.37 bits per heavy atom. The largest absolute Gasteiger partial charge is 0.486 e.